The van der Waals surface area contributed by atoms with Crippen molar-refractivity contribution in [2.75, 3.05) is 18.4 Å². The van der Waals surface area contributed by atoms with Crippen LogP contribution in [0.15, 0.2) is 12.4 Å². The van der Waals surface area contributed by atoms with Crippen molar-refractivity contribution >= 4 is 11.7 Å². The van der Waals surface area contributed by atoms with Crippen LogP contribution in [0.3, 0.4) is 0 Å². The first-order chi connectivity index (χ1) is 9.76. The summed E-state index contributed by atoms with van der Waals surface area (Å²) in [6.45, 7) is 5.94. The Morgan fingerprint density at radius 1 is 1.40 bits per heavy atom. The average Bonchev–Trinajstić information content (AvgIpc) is 2.52. The highest BCUT2D eigenvalue weighted by atomic mass is 16.2. The molecule has 1 aromatic heterocycles. The lowest BCUT2D eigenvalue weighted by Crippen LogP contribution is -2.43. The van der Waals surface area contributed by atoms with Crippen LogP contribution in [0.1, 0.15) is 56.4 Å². The first-order valence-corrected chi connectivity index (χ1v) is 7.63. The van der Waals surface area contributed by atoms with Gasteiger partial charge in [0.25, 0.3) is 5.91 Å². The zero-order valence-electron chi connectivity index (χ0n) is 12.4. The molecule has 0 bridgehead atoms. The van der Waals surface area contributed by atoms with E-state index in [1.165, 1.54) is 12.7 Å². The maximum absolute atomic E-state index is 12.6. The van der Waals surface area contributed by atoms with E-state index >= 15 is 0 Å². The first kappa shape index (κ1) is 14.8. The second kappa shape index (κ2) is 7.22. The third-order valence-electron chi connectivity index (χ3n) is 3.80. The van der Waals surface area contributed by atoms with Gasteiger partial charge in [0.1, 0.15) is 17.8 Å². The van der Waals surface area contributed by atoms with E-state index in [1.54, 1.807) is 6.07 Å². The lowest BCUT2D eigenvalue weighted by Gasteiger charge is -2.35. The molecule has 20 heavy (non-hydrogen) atoms. The lowest BCUT2D eigenvalue weighted by atomic mass is 9.99. The number of hydrogen-bond acceptors (Lipinski definition) is 4. The number of aromatic nitrogens is 2. The SMILES string of the molecule is CCCNc1cc(C(=O)N2CCCCC2CC)ncn1. The van der Waals surface area contributed by atoms with Crippen molar-refractivity contribution in [3.8, 4) is 0 Å². The standard InChI is InChI=1S/C15H24N4O/c1-3-8-16-14-10-13(17-11-18-14)15(20)19-9-6-5-7-12(19)4-2/h10-12H,3-9H2,1-2H3,(H,16,17,18). The molecule has 0 spiro atoms. The number of carbonyl (C=O) groups excluding carboxylic acids is 1. The van der Waals surface area contributed by atoms with Crippen LogP contribution >= 0.6 is 0 Å². The van der Waals surface area contributed by atoms with Crippen molar-refractivity contribution in [3.05, 3.63) is 18.1 Å². The van der Waals surface area contributed by atoms with Gasteiger partial charge >= 0.3 is 0 Å². The number of amides is 1. The van der Waals surface area contributed by atoms with E-state index < -0.39 is 0 Å². The monoisotopic (exact) mass is 276 g/mol. The summed E-state index contributed by atoms with van der Waals surface area (Å²) in [6, 6.07) is 2.12. The maximum Gasteiger partial charge on any atom is 0.272 e. The second-order valence-electron chi connectivity index (χ2n) is 5.27. The van der Waals surface area contributed by atoms with Crippen LogP contribution in [-0.2, 0) is 0 Å². The number of likely N-dealkylation sites (tertiary alicyclic amines) is 1. The van der Waals surface area contributed by atoms with Gasteiger partial charge in [-0.3, -0.25) is 4.79 Å². The normalized spacial score (nSPS) is 18.9. The zero-order chi connectivity index (χ0) is 14.4. The van der Waals surface area contributed by atoms with Crippen molar-refractivity contribution in [2.24, 2.45) is 0 Å². The van der Waals surface area contributed by atoms with Crippen LogP contribution in [0.5, 0.6) is 0 Å². The summed E-state index contributed by atoms with van der Waals surface area (Å²) in [5.41, 5.74) is 0.499. The molecule has 1 aliphatic heterocycles. The number of hydrogen-bond donors (Lipinski definition) is 1. The van der Waals surface area contributed by atoms with Gasteiger partial charge in [0.15, 0.2) is 0 Å². The Bertz CT molecular complexity index is 449. The summed E-state index contributed by atoms with van der Waals surface area (Å²) >= 11 is 0. The van der Waals surface area contributed by atoms with Gasteiger partial charge in [0, 0.05) is 25.2 Å². The fourth-order valence-electron chi connectivity index (χ4n) is 2.66. The summed E-state index contributed by atoms with van der Waals surface area (Å²) < 4.78 is 0. The summed E-state index contributed by atoms with van der Waals surface area (Å²) in [6.07, 6.45) is 6.92. The Morgan fingerprint density at radius 3 is 3.00 bits per heavy atom. The van der Waals surface area contributed by atoms with Crippen LogP contribution in [0.2, 0.25) is 0 Å². The number of rotatable bonds is 5. The topological polar surface area (TPSA) is 58.1 Å². The van der Waals surface area contributed by atoms with Gasteiger partial charge in [0.2, 0.25) is 0 Å². The number of carbonyl (C=O) groups is 1. The van der Waals surface area contributed by atoms with Gasteiger partial charge < -0.3 is 10.2 Å². The fourth-order valence-corrected chi connectivity index (χ4v) is 2.66. The van der Waals surface area contributed by atoms with Gasteiger partial charge in [-0.05, 0) is 32.1 Å². The minimum Gasteiger partial charge on any atom is -0.370 e. The Balaban J connectivity index is 2.11. The highest BCUT2D eigenvalue weighted by Gasteiger charge is 2.27. The van der Waals surface area contributed by atoms with Crippen molar-refractivity contribution < 1.29 is 4.79 Å². The molecule has 0 saturated carbocycles. The summed E-state index contributed by atoms with van der Waals surface area (Å²) in [7, 11) is 0. The van der Waals surface area contributed by atoms with E-state index in [2.05, 4.69) is 29.1 Å². The van der Waals surface area contributed by atoms with Crippen molar-refractivity contribution in [1.82, 2.24) is 14.9 Å². The molecule has 1 N–H and O–H groups in total. The number of piperidine rings is 1. The third-order valence-corrected chi connectivity index (χ3v) is 3.80. The maximum atomic E-state index is 12.6. The molecule has 5 nitrogen and oxygen atoms in total. The Kier molecular flexibility index (Phi) is 5.32. The van der Waals surface area contributed by atoms with Crippen LogP contribution in [-0.4, -0.2) is 39.9 Å². The molecule has 2 heterocycles. The Morgan fingerprint density at radius 2 is 2.25 bits per heavy atom. The molecule has 0 radical (unpaired) electrons. The van der Waals surface area contributed by atoms with Gasteiger partial charge in [0.05, 0.1) is 0 Å². The number of anilines is 1. The van der Waals surface area contributed by atoms with Crippen molar-refractivity contribution in [2.45, 2.75) is 52.0 Å². The molecule has 1 aromatic rings. The minimum absolute atomic E-state index is 0.0403. The first-order valence-electron chi connectivity index (χ1n) is 7.63. The quantitative estimate of drug-likeness (QED) is 0.898. The summed E-state index contributed by atoms with van der Waals surface area (Å²) in [4.78, 5) is 22.9. The molecule has 1 unspecified atom stereocenters. The van der Waals surface area contributed by atoms with Gasteiger partial charge in [-0.25, -0.2) is 9.97 Å². The van der Waals surface area contributed by atoms with E-state index in [4.69, 9.17) is 0 Å². The molecule has 1 atom stereocenters. The molecule has 5 heteroatoms. The van der Waals surface area contributed by atoms with Gasteiger partial charge in [-0.1, -0.05) is 13.8 Å². The molecule has 1 aliphatic rings. The largest absolute Gasteiger partial charge is 0.370 e. The third kappa shape index (κ3) is 3.46. The van der Waals surface area contributed by atoms with E-state index in [-0.39, 0.29) is 5.91 Å². The highest BCUT2D eigenvalue weighted by Crippen LogP contribution is 2.21. The molecular formula is C15H24N4O. The Hall–Kier alpha value is -1.65. The molecular weight excluding hydrogens is 252 g/mol. The van der Waals surface area contributed by atoms with E-state index in [1.807, 2.05) is 4.90 Å². The molecule has 0 aliphatic carbocycles. The minimum atomic E-state index is 0.0403. The van der Waals surface area contributed by atoms with Crippen LogP contribution in [0.25, 0.3) is 0 Å². The molecule has 1 amide bonds. The van der Waals surface area contributed by atoms with Crippen LogP contribution in [0, 0.1) is 0 Å². The molecule has 110 valence electrons. The second-order valence-corrected chi connectivity index (χ2v) is 5.27. The molecule has 1 saturated heterocycles. The van der Waals surface area contributed by atoms with Crippen molar-refractivity contribution in [1.29, 1.82) is 0 Å². The summed E-state index contributed by atoms with van der Waals surface area (Å²) in [5.74, 6) is 0.772. The molecule has 0 aromatic carbocycles. The smallest absolute Gasteiger partial charge is 0.272 e. The van der Waals surface area contributed by atoms with Crippen LogP contribution in [0.4, 0.5) is 5.82 Å². The van der Waals surface area contributed by atoms with E-state index in [9.17, 15) is 4.79 Å². The van der Waals surface area contributed by atoms with E-state index in [0.29, 0.717) is 11.7 Å². The predicted molar refractivity (Wildman–Crippen MR) is 79.8 cm³/mol. The molecule has 1 fully saturated rings. The number of nitrogens with one attached hydrogen (secondary N) is 1. The van der Waals surface area contributed by atoms with Crippen molar-refractivity contribution in [3.63, 3.8) is 0 Å². The van der Waals surface area contributed by atoms with Gasteiger partial charge in [-0.15, -0.1) is 0 Å². The zero-order valence-corrected chi connectivity index (χ0v) is 12.4. The Labute approximate surface area is 120 Å². The van der Waals surface area contributed by atoms with Crippen LogP contribution < -0.4 is 5.32 Å². The fraction of sp³-hybridized carbons (Fsp3) is 0.667. The van der Waals surface area contributed by atoms with E-state index in [0.717, 1.165) is 44.6 Å². The highest BCUT2D eigenvalue weighted by molar-refractivity contribution is 5.93. The average molecular weight is 276 g/mol. The number of nitrogens with zero attached hydrogens (tertiary/aromatic N) is 3. The lowest BCUT2D eigenvalue weighted by molar-refractivity contribution is 0.0602. The molecule has 2 rings (SSSR count). The predicted octanol–water partition coefficient (Wildman–Crippen LogP) is 2.70. The van der Waals surface area contributed by atoms with Gasteiger partial charge in [-0.2, -0.15) is 0 Å². The summed E-state index contributed by atoms with van der Waals surface area (Å²) in [5, 5.41) is 3.20.